The van der Waals surface area contributed by atoms with Crippen LogP contribution in [0, 0.1) is 0 Å². The minimum Gasteiger partial charge on any atom is -0.456 e. The molecule has 0 saturated carbocycles. The molecule has 0 N–H and O–H groups in total. The number of thiophene rings is 1. The van der Waals surface area contributed by atoms with Crippen LogP contribution in [-0.2, 0) is 0 Å². The largest absolute Gasteiger partial charge is 0.456 e. The Kier molecular flexibility index (Phi) is 4.54. The minimum absolute atomic E-state index is 0.0162. The normalized spacial score (nSPS) is 14.7. The number of furan rings is 1. The second-order valence-corrected chi connectivity index (χ2v) is 12.6. The van der Waals surface area contributed by atoms with Gasteiger partial charge in [0.1, 0.15) is 11.2 Å². The molecule has 3 aromatic heterocycles. The number of para-hydroxylation sites is 1. The fraction of sp³-hybridized carbons (Fsp3) is 0. The summed E-state index contributed by atoms with van der Waals surface area (Å²) >= 11 is 0.882. The van der Waals surface area contributed by atoms with Crippen molar-refractivity contribution in [3.63, 3.8) is 0 Å². The lowest BCUT2D eigenvalue weighted by Crippen LogP contribution is -2.00. The lowest BCUT2D eigenvalue weighted by atomic mass is 10.0. The smallest absolute Gasteiger partial charge is 0.164 e. The van der Waals surface area contributed by atoms with E-state index >= 15 is 0 Å². The first-order valence-electron chi connectivity index (χ1n) is 21.2. The van der Waals surface area contributed by atoms with Crippen molar-refractivity contribution in [2.24, 2.45) is 0 Å². The van der Waals surface area contributed by atoms with Crippen molar-refractivity contribution in [1.82, 2.24) is 15.0 Å². The predicted octanol–water partition coefficient (Wildman–Crippen LogP) is 12.5. The van der Waals surface area contributed by atoms with Crippen LogP contribution in [0.15, 0.2) is 168 Å². The highest BCUT2D eigenvalue weighted by atomic mass is 32.1. The lowest BCUT2D eigenvalue weighted by molar-refractivity contribution is 0.669. The van der Waals surface area contributed by atoms with Crippen LogP contribution in [0.5, 0.6) is 0 Å². The van der Waals surface area contributed by atoms with Gasteiger partial charge in [-0.05, 0) is 70.7 Å². The topological polar surface area (TPSA) is 51.8 Å². The van der Waals surface area contributed by atoms with Crippen LogP contribution < -0.4 is 0 Å². The van der Waals surface area contributed by atoms with Crippen LogP contribution in [0.25, 0.3) is 98.5 Å². The SMILES string of the molecule is [2H]c1c([2H])c([2H])c(-c2c([2H])c([2H])c3sc4c([2H])c([2H])c(-c5nc(-c6ccc(-c7ccccc7)cc6)nc(-c6ccc7c(c6)oc6ccccc67)n5)c([2H])c4c3c2[2H])c([2H])c1[2H]. The van der Waals surface area contributed by atoms with Crippen molar-refractivity contribution in [2.45, 2.75) is 0 Å². The van der Waals surface area contributed by atoms with Gasteiger partial charge in [0.05, 0.1) is 15.1 Å². The van der Waals surface area contributed by atoms with Gasteiger partial charge in [-0.3, -0.25) is 0 Å². The van der Waals surface area contributed by atoms with Crippen molar-refractivity contribution in [3.8, 4) is 56.4 Å². The lowest BCUT2D eigenvalue weighted by Gasteiger charge is -2.09. The van der Waals surface area contributed by atoms with Crippen molar-refractivity contribution in [3.05, 3.63) is 164 Å². The molecule has 0 atom stereocenters. The molecule has 50 heavy (non-hydrogen) atoms. The Morgan fingerprint density at radius 2 is 1.00 bits per heavy atom. The van der Waals surface area contributed by atoms with E-state index in [-0.39, 0.29) is 66.9 Å². The van der Waals surface area contributed by atoms with Gasteiger partial charge in [-0.2, -0.15) is 0 Å². The molecule has 0 aliphatic rings. The number of fused-ring (bicyclic) bond motifs is 6. The van der Waals surface area contributed by atoms with E-state index in [4.69, 9.17) is 29.0 Å². The van der Waals surface area contributed by atoms with Gasteiger partial charge in [-0.15, -0.1) is 11.3 Å². The number of rotatable bonds is 5. The summed E-state index contributed by atoms with van der Waals surface area (Å²) in [7, 11) is 0. The van der Waals surface area contributed by atoms with Gasteiger partial charge in [0.2, 0.25) is 0 Å². The zero-order chi connectivity index (χ0) is 42.6. The molecule has 10 rings (SSSR count). The molecule has 0 unspecified atom stereocenters. The molecule has 0 amide bonds. The van der Waals surface area contributed by atoms with Gasteiger partial charge in [-0.25, -0.2) is 15.0 Å². The second kappa shape index (κ2) is 11.6. The molecule has 7 aromatic carbocycles. The molecular formula is C45H27N3OS. The Bertz CT molecular complexity index is 3470. The molecule has 0 aliphatic carbocycles. The third-order valence-electron chi connectivity index (χ3n) is 8.51. The monoisotopic (exact) mass is 668 g/mol. The van der Waals surface area contributed by atoms with Gasteiger partial charge in [0.25, 0.3) is 0 Å². The number of nitrogens with zero attached hydrogens (tertiary/aromatic N) is 3. The zero-order valence-corrected chi connectivity index (χ0v) is 26.7. The molecule has 234 valence electrons. The Balaban J connectivity index is 1.23. The van der Waals surface area contributed by atoms with Gasteiger partial charge in [0.15, 0.2) is 17.5 Å². The maximum absolute atomic E-state index is 9.67. The Labute approximate surface area is 307 Å². The Morgan fingerprint density at radius 1 is 0.420 bits per heavy atom. The van der Waals surface area contributed by atoms with E-state index in [0.717, 1.165) is 33.2 Å². The van der Waals surface area contributed by atoms with Crippen molar-refractivity contribution in [1.29, 1.82) is 0 Å². The molecule has 0 aliphatic heterocycles. The summed E-state index contributed by atoms with van der Waals surface area (Å²) in [5.41, 5.74) is 3.51. The van der Waals surface area contributed by atoms with Crippen LogP contribution in [0.3, 0.4) is 0 Å². The third-order valence-corrected chi connectivity index (χ3v) is 9.53. The Hall–Kier alpha value is -6.43. The highest BCUT2D eigenvalue weighted by molar-refractivity contribution is 7.25. The number of hydrogen-bond acceptors (Lipinski definition) is 5. The average molecular weight is 669 g/mol. The molecule has 0 spiro atoms. The van der Waals surface area contributed by atoms with E-state index in [1.165, 1.54) is 0 Å². The first kappa shape index (κ1) is 19.5. The van der Waals surface area contributed by atoms with Crippen LogP contribution in [0.4, 0.5) is 0 Å². The van der Waals surface area contributed by atoms with Gasteiger partial charge >= 0.3 is 0 Å². The highest BCUT2D eigenvalue weighted by Gasteiger charge is 2.16. The van der Waals surface area contributed by atoms with E-state index in [9.17, 15) is 5.48 Å². The number of benzene rings is 7. The molecule has 0 bridgehead atoms. The van der Waals surface area contributed by atoms with Gasteiger partial charge in [-0.1, -0.05) is 115 Å². The fourth-order valence-electron chi connectivity index (χ4n) is 6.06. The predicted molar refractivity (Wildman–Crippen MR) is 207 cm³/mol. The fourth-order valence-corrected chi connectivity index (χ4v) is 6.98. The second-order valence-electron chi connectivity index (χ2n) is 11.6. The third kappa shape index (κ3) is 4.95. The van der Waals surface area contributed by atoms with Crippen molar-refractivity contribution in [2.75, 3.05) is 0 Å². The molecule has 10 aromatic rings. The highest BCUT2D eigenvalue weighted by Crippen LogP contribution is 2.39. The van der Waals surface area contributed by atoms with E-state index in [1.54, 1.807) is 0 Å². The summed E-state index contributed by atoms with van der Waals surface area (Å²) in [6, 6.07) is 25.0. The van der Waals surface area contributed by atoms with Crippen LogP contribution >= 0.6 is 11.3 Å². The molecule has 0 fully saturated rings. The van der Waals surface area contributed by atoms with Crippen LogP contribution in [0.2, 0.25) is 0 Å². The molecule has 3 heterocycles. The van der Waals surface area contributed by atoms with E-state index in [1.807, 2.05) is 97.1 Å². The van der Waals surface area contributed by atoms with Crippen molar-refractivity contribution < 1.29 is 19.5 Å². The summed E-state index contributed by atoms with van der Waals surface area (Å²) in [5.74, 6) is 0.330. The molecule has 0 saturated heterocycles. The Morgan fingerprint density at radius 3 is 1.78 bits per heavy atom. The molecule has 0 radical (unpaired) electrons. The first-order chi connectivity index (χ1) is 29.3. The number of hydrogen-bond donors (Lipinski definition) is 0. The summed E-state index contributed by atoms with van der Waals surface area (Å²) in [5, 5.41) is 1.82. The maximum atomic E-state index is 9.67. The quantitative estimate of drug-likeness (QED) is 0.183. The maximum Gasteiger partial charge on any atom is 0.164 e. The molecule has 4 nitrogen and oxygen atoms in total. The standard InChI is InChI=1S/C45H27N3OS/c1-3-9-28(10-4-1)30-15-17-31(18-16-30)43-46-44(48-45(47-43)34-19-22-36-35-13-7-8-14-39(35)49-40(36)27-34)33-21-24-42-38(26-33)37-25-32(20-23-41(37)50-42)29-11-5-2-6-12-29/h1-27H/i2D,5D,6D,11D,12D,20D,21D,23D,24D,25D,26D. The van der Waals surface area contributed by atoms with Gasteiger partial charge in [0, 0.05) is 47.6 Å². The summed E-state index contributed by atoms with van der Waals surface area (Å²) in [6.07, 6.45) is 0. The van der Waals surface area contributed by atoms with E-state index < -0.39 is 53.9 Å². The summed E-state index contributed by atoms with van der Waals surface area (Å²) in [4.78, 5) is 14.5. The van der Waals surface area contributed by atoms with Gasteiger partial charge < -0.3 is 4.42 Å². The molecular weight excluding hydrogens is 631 g/mol. The zero-order valence-electron chi connectivity index (χ0n) is 36.9. The average Bonchev–Trinajstić information content (AvgIpc) is 3.87. The summed E-state index contributed by atoms with van der Waals surface area (Å²) < 4.78 is 104. The molecule has 5 heteroatoms. The van der Waals surface area contributed by atoms with Crippen molar-refractivity contribution >= 4 is 53.4 Å². The van der Waals surface area contributed by atoms with Crippen LogP contribution in [0.1, 0.15) is 15.1 Å². The van der Waals surface area contributed by atoms with Crippen LogP contribution in [-0.4, -0.2) is 15.0 Å². The van der Waals surface area contributed by atoms with E-state index in [0.29, 0.717) is 22.3 Å². The van der Waals surface area contributed by atoms with E-state index in [2.05, 4.69) is 0 Å². The minimum atomic E-state index is -0.664. The number of aromatic nitrogens is 3. The first-order valence-corrected chi connectivity index (χ1v) is 16.5. The summed E-state index contributed by atoms with van der Waals surface area (Å²) in [6.45, 7) is 0.